The van der Waals surface area contributed by atoms with Crippen molar-refractivity contribution < 1.29 is 0 Å². The third kappa shape index (κ3) is 2.71. The number of aryl methyl sites for hydroxylation is 1. The van der Waals surface area contributed by atoms with E-state index in [0.717, 1.165) is 26.9 Å². The van der Waals surface area contributed by atoms with Crippen molar-refractivity contribution in [1.29, 1.82) is 0 Å². The van der Waals surface area contributed by atoms with Crippen molar-refractivity contribution in [2.45, 2.75) is 0 Å². The van der Waals surface area contributed by atoms with Gasteiger partial charge in [0.1, 0.15) is 15.8 Å². The molecule has 0 spiro atoms. The summed E-state index contributed by atoms with van der Waals surface area (Å²) in [5.74, 6) is 0.589. The van der Waals surface area contributed by atoms with Crippen LogP contribution in [-0.4, -0.2) is 9.78 Å². The maximum absolute atomic E-state index is 6.26. The van der Waals surface area contributed by atoms with Crippen molar-refractivity contribution in [1.82, 2.24) is 9.78 Å². The standard InChI is InChI=1S/C14H10BrCl2N3S/c1-20-14(18)11(7-2-4-8(15)5-3-7)12(19-20)9-6-10(16)21-13(9)17/h2-6H,18H2,1H3. The van der Waals surface area contributed by atoms with Gasteiger partial charge in [-0.15, -0.1) is 11.3 Å². The van der Waals surface area contributed by atoms with Gasteiger partial charge >= 0.3 is 0 Å². The zero-order valence-electron chi connectivity index (χ0n) is 10.9. The summed E-state index contributed by atoms with van der Waals surface area (Å²) >= 11 is 17.1. The normalized spacial score (nSPS) is 11.0. The number of nitrogens with zero attached hydrogens (tertiary/aromatic N) is 2. The van der Waals surface area contributed by atoms with Gasteiger partial charge in [-0.1, -0.05) is 51.3 Å². The summed E-state index contributed by atoms with van der Waals surface area (Å²) in [6, 6.07) is 9.73. The highest BCUT2D eigenvalue weighted by Crippen LogP contribution is 2.43. The summed E-state index contributed by atoms with van der Waals surface area (Å²) in [7, 11) is 1.81. The maximum atomic E-state index is 6.26. The highest BCUT2D eigenvalue weighted by atomic mass is 79.9. The molecule has 108 valence electrons. The Kier molecular flexibility index (Phi) is 4.01. The van der Waals surface area contributed by atoms with Crippen LogP contribution in [0.5, 0.6) is 0 Å². The van der Waals surface area contributed by atoms with Crippen LogP contribution in [0.1, 0.15) is 0 Å². The molecule has 0 saturated carbocycles. The third-order valence-electron chi connectivity index (χ3n) is 3.14. The molecule has 2 heterocycles. The lowest BCUT2D eigenvalue weighted by Crippen LogP contribution is -1.97. The van der Waals surface area contributed by atoms with Gasteiger partial charge in [0.25, 0.3) is 0 Å². The number of hydrogen-bond donors (Lipinski definition) is 1. The second-order valence-electron chi connectivity index (χ2n) is 4.48. The molecule has 0 amide bonds. The molecule has 0 fully saturated rings. The van der Waals surface area contributed by atoms with Gasteiger partial charge in [0, 0.05) is 17.1 Å². The summed E-state index contributed by atoms with van der Waals surface area (Å²) in [5.41, 5.74) is 9.57. The van der Waals surface area contributed by atoms with Crippen LogP contribution in [-0.2, 0) is 7.05 Å². The van der Waals surface area contributed by atoms with E-state index in [1.54, 1.807) is 4.68 Å². The van der Waals surface area contributed by atoms with Crippen LogP contribution < -0.4 is 5.73 Å². The Morgan fingerprint density at radius 2 is 1.90 bits per heavy atom. The summed E-state index contributed by atoms with van der Waals surface area (Å²) in [5, 5.41) is 4.50. The first kappa shape index (κ1) is 14.9. The molecular weight excluding hydrogens is 393 g/mol. The molecule has 21 heavy (non-hydrogen) atoms. The van der Waals surface area contributed by atoms with Gasteiger partial charge in [-0.05, 0) is 23.8 Å². The summed E-state index contributed by atoms with van der Waals surface area (Å²) in [6.07, 6.45) is 0. The maximum Gasteiger partial charge on any atom is 0.129 e. The fourth-order valence-electron chi connectivity index (χ4n) is 2.13. The van der Waals surface area contributed by atoms with Gasteiger partial charge in [-0.2, -0.15) is 5.10 Å². The smallest absolute Gasteiger partial charge is 0.129 e. The second kappa shape index (κ2) is 5.65. The number of rotatable bonds is 2. The SMILES string of the molecule is Cn1nc(-c2cc(Cl)sc2Cl)c(-c2ccc(Br)cc2)c1N. The summed E-state index contributed by atoms with van der Waals surface area (Å²) in [4.78, 5) is 0. The van der Waals surface area contributed by atoms with Gasteiger partial charge in [0.15, 0.2) is 0 Å². The zero-order valence-corrected chi connectivity index (χ0v) is 14.8. The number of nitrogens with two attached hydrogens (primary N) is 1. The molecule has 3 rings (SSSR count). The number of nitrogen functional groups attached to an aromatic ring is 1. The first-order chi connectivity index (χ1) is 9.97. The highest BCUT2D eigenvalue weighted by Gasteiger charge is 2.20. The average molecular weight is 403 g/mol. The monoisotopic (exact) mass is 401 g/mol. The average Bonchev–Trinajstić information content (AvgIpc) is 2.92. The Labute approximate surface area is 144 Å². The molecule has 3 nitrogen and oxygen atoms in total. The molecular formula is C14H10BrCl2N3S. The molecule has 0 aliphatic rings. The predicted molar refractivity (Wildman–Crippen MR) is 94.1 cm³/mol. The Morgan fingerprint density at radius 1 is 1.24 bits per heavy atom. The van der Waals surface area contributed by atoms with E-state index in [1.807, 2.05) is 37.4 Å². The van der Waals surface area contributed by atoms with E-state index in [4.69, 9.17) is 28.9 Å². The van der Waals surface area contributed by atoms with Crippen molar-refractivity contribution in [3.8, 4) is 22.4 Å². The molecule has 1 aromatic carbocycles. The minimum atomic E-state index is 0.589. The van der Waals surface area contributed by atoms with E-state index in [9.17, 15) is 0 Å². The van der Waals surface area contributed by atoms with Crippen molar-refractivity contribution in [2.75, 3.05) is 5.73 Å². The van der Waals surface area contributed by atoms with Crippen molar-refractivity contribution in [3.63, 3.8) is 0 Å². The lowest BCUT2D eigenvalue weighted by Gasteiger charge is -2.04. The minimum Gasteiger partial charge on any atom is -0.383 e. The number of anilines is 1. The van der Waals surface area contributed by atoms with E-state index in [1.165, 1.54) is 11.3 Å². The second-order valence-corrected chi connectivity index (χ2v) is 7.68. The fraction of sp³-hybridized carbons (Fsp3) is 0.0714. The van der Waals surface area contributed by atoms with E-state index < -0.39 is 0 Å². The van der Waals surface area contributed by atoms with Crippen LogP contribution in [0.3, 0.4) is 0 Å². The van der Waals surface area contributed by atoms with E-state index in [0.29, 0.717) is 14.5 Å². The molecule has 2 aromatic heterocycles. The number of hydrogen-bond acceptors (Lipinski definition) is 3. The fourth-order valence-corrected chi connectivity index (χ4v) is 3.86. The van der Waals surface area contributed by atoms with E-state index >= 15 is 0 Å². The van der Waals surface area contributed by atoms with Crippen LogP contribution in [0.25, 0.3) is 22.4 Å². The molecule has 0 radical (unpaired) electrons. The van der Waals surface area contributed by atoms with Crippen LogP contribution >= 0.6 is 50.5 Å². The molecule has 0 aliphatic carbocycles. The molecule has 7 heteroatoms. The van der Waals surface area contributed by atoms with Crippen molar-refractivity contribution >= 4 is 56.3 Å². The molecule has 2 N–H and O–H groups in total. The summed E-state index contributed by atoms with van der Waals surface area (Å²) in [6.45, 7) is 0. The topological polar surface area (TPSA) is 43.8 Å². The van der Waals surface area contributed by atoms with Gasteiger partial charge in [-0.3, -0.25) is 4.68 Å². The third-order valence-corrected chi connectivity index (χ3v) is 5.15. The van der Waals surface area contributed by atoms with Crippen LogP contribution in [0, 0.1) is 0 Å². The van der Waals surface area contributed by atoms with Crippen molar-refractivity contribution in [2.24, 2.45) is 7.05 Å². The Hall–Kier alpha value is -1.01. The lowest BCUT2D eigenvalue weighted by atomic mass is 10.0. The lowest BCUT2D eigenvalue weighted by molar-refractivity contribution is 0.782. The largest absolute Gasteiger partial charge is 0.383 e. The van der Waals surface area contributed by atoms with Crippen molar-refractivity contribution in [3.05, 3.63) is 43.5 Å². The first-order valence-electron chi connectivity index (χ1n) is 6.01. The Morgan fingerprint density at radius 3 is 2.48 bits per heavy atom. The molecule has 0 saturated heterocycles. The zero-order chi connectivity index (χ0) is 15.1. The highest BCUT2D eigenvalue weighted by molar-refractivity contribution is 9.10. The summed E-state index contributed by atoms with van der Waals surface area (Å²) < 4.78 is 3.89. The van der Waals surface area contributed by atoms with Crippen LogP contribution in [0.4, 0.5) is 5.82 Å². The van der Waals surface area contributed by atoms with Crippen LogP contribution in [0.2, 0.25) is 8.67 Å². The number of halogens is 3. The first-order valence-corrected chi connectivity index (χ1v) is 8.37. The predicted octanol–water partition coefficient (Wildman–Crippen LogP) is 5.47. The van der Waals surface area contributed by atoms with Gasteiger partial charge in [-0.25, -0.2) is 0 Å². The quantitative estimate of drug-likeness (QED) is 0.617. The van der Waals surface area contributed by atoms with E-state index in [-0.39, 0.29) is 0 Å². The van der Waals surface area contributed by atoms with Gasteiger partial charge in [0.05, 0.1) is 9.90 Å². The molecule has 0 bridgehead atoms. The van der Waals surface area contributed by atoms with E-state index in [2.05, 4.69) is 21.0 Å². The van der Waals surface area contributed by atoms with Gasteiger partial charge in [0.2, 0.25) is 0 Å². The number of thiophene rings is 1. The molecule has 0 unspecified atom stereocenters. The molecule has 0 aliphatic heterocycles. The van der Waals surface area contributed by atoms with Crippen LogP contribution in [0.15, 0.2) is 34.8 Å². The molecule has 0 atom stereocenters. The number of benzene rings is 1. The number of aromatic nitrogens is 2. The molecule has 3 aromatic rings. The Balaban J connectivity index is 2.25. The van der Waals surface area contributed by atoms with Gasteiger partial charge < -0.3 is 5.73 Å². The minimum absolute atomic E-state index is 0.589. The Bertz CT molecular complexity index is 808.